The predicted octanol–water partition coefficient (Wildman–Crippen LogP) is 5.50. The first kappa shape index (κ1) is 23.3. The minimum Gasteiger partial charge on any atom is -0.309 e. The average molecular weight is 432 g/mol. The van der Waals surface area contributed by atoms with Crippen LogP contribution < -0.4 is 4.90 Å². The highest BCUT2D eigenvalue weighted by Crippen LogP contribution is 2.31. The molecule has 0 aliphatic carbocycles. The van der Waals surface area contributed by atoms with Crippen molar-refractivity contribution >= 4 is 45.0 Å². The number of benzene rings is 2. The number of anilines is 1. The molecule has 0 N–H and O–H groups in total. The zero-order chi connectivity index (χ0) is 20.3. The summed E-state index contributed by atoms with van der Waals surface area (Å²) in [7, 11) is 4.11. The van der Waals surface area contributed by atoms with Gasteiger partial charge in [0.1, 0.15) is 0 Å². The number of hydrogen-bond donors (Lipinski definition) is 0. The number of halogens is 1. The zero-order valence-electron chi connectivity index (χ0n) is 17.9. The first-order valence-electron chi connectivity index (χ1n) is 9.82. The van der Waals surface area contributed by atoms with Crippen LogP contribution in [0.15, 0.2) is 36.4 Å². The molecule has 0 saturated heterocycles. The second kappa shape index (κ2) is 10.2. The largest absolute Gasteiger partial charge is 0.309 e. The van der Waals surface area contributed by atoms with Crippen LogP contribution in [0, 0.1) is 13.8 Å². The van der Waals surface area contributed by atoms with E-state index in [1.165, 1.54) is 11.1 Å². The number of thiazole rings is 1. The first-order valence-corrected chi connectivity index (χ1v) is 10.6. The van der Waals surface area contributed by atoms with Crippen molar-refractivity contribution in [1.29, 1.82) is 0 Å². The second-order valence-corrected chi connectivity index (χ2v) is 8.59. The maximum atomic E-state index is 13.4. The monoisotopic (exact) mass is 431 g/mol. The first-order chi connectivity index (χ1) is 13.4. The van der Waals surface area contributed by atoms with Gasteiger partial charge in [-0.2, -0.15) is 0 Å². The van der Waals surface area contributed by atoms with Crippen molar-refractivity contribution < 1.29 is 4.79 Å². The summed E-state index contributed by atoms with van der Waals surface area (Å²) in [5.41, 5.74) is 5.19. The Morgan fingerprint density at radius 3 is 2.48 bits per heavy atom. The lowest BCUT2D eigenvalue weighted by Crippen LogP contribution is -2.33. The van der Waals surface area contributed by atoms with Crippen LogP contribution in [0.1, 0.15) is 40.4 Å². The Balaban J connectivity index is 0.00000300. The van der Waals surface area contributed by atoms with Crippen molar-refractivity contribution in [2.45, 2.75) is 33.6 Å². The number of amides is 1. The molecule has 1 amide bonds. The highest BCUT2D eigenvalue weighted by molar-refractivity contribution is 7.22. The molecule has 6 heteroatoms. The van der Waals surface area contributed by atoms with Gasteiger partial charge in [-0.1, -0.05) is 42.0 Å². The highest BCUT2D eigenvalue weighted by Gasteiger charge is 2.22. The normalized spacial score (nSPS) is 11.0. The molecule has 1 aromatic heterocycles. The molecule has 0 radical (unpaired) electrons. The summed E-state index contributed by atoms with van der Waals surface area (Å²) < 4.78 is 1.14. The number of aryl methyl sites for hydroxylation is 3. The van der Waals surface area contributed by atoms with Gasteiger partial charge in [-0.25, -0.2) is 4.98 Å². The molecule has 1 heterocycles. The minimum atomic E-state index is 0. The lowest BCUT2D eigenvalue weighted by molar-refractivity contribution is 0.0985. The summed E-state index contributed by atoms with van der Waals surface area (Å²) in [6.45, 7) is 7.80. The van der Waals surface area contributed by atoms with Crippen molar-refractivity contribution in [3.63, 3.8) is 0 Å². The molecule has 0 aliphatic heterocycles. The number of aromatic nitrogens is 1. The summed E-state index contributed by atoms with van der Waals surface area (Å²) >= 11 is 1.61. The molecule has 29 heavy (non-hydrogen) atoms. The SMILES string of the molecule is CCc1ccc2nc(N(CCCN(C)C)C(=O)c3ccc(C)cc3C)sc2c1.Cl. The molecule has 156 valence electrons. The topological polar surface area (TPSA) is 36.4 Å². The van der Waals surface area contributed by atoms with Crippen LogP contribution in [0.3, 0.4) is 0 Å². The smallest absolute Gasteiger partial charge is 0.260 e. The third kappa shape index (κ3) is 5.56. The van der Waals surface area contributed by atoms with E-state index in [4.69, 9.17) is 4.98 Å². The second-order valence-electron chi connectivity index (χ2n) is 7.58. The summed E-state index contributed by atoms with van der Waals surface area (Å²) in [5.74, 6) is 0.0334. The van der Waals surface area contributed by atoms with Gasteiger partial charge in [0.05, 0.1) is 10.2 Å². The standard InChI is InChI=1S/C23H29N3OS.ClH/c1-6-18-9-11-20-21(15-18)28-23(24-20)26(13-7-12-25(4)5)22(27)19-10-8-16(2)14-17(19)3;/h8-11,14-15H,6-7,12-13H2,1-5H3;1H. The van der Waals surface area contributed by atoms with E-state index in [2.05, 4.69) is 57.1 Å². The molecule has 3 aromatic rings. The average Bonchev–Trinajstić information content (AvgIpc) is 3.07. The third-order valence-corrected chi connectivity index (χ3v) is 5.97. The molecule has 4 nitrogen and oxygen atoms in total. The van der Waals surface area contributed by atoms with Crippen LogP contribution >= 0.6 is 23.7 Å². The van der Waals surface area contributed by atoms with Gasteiger partial charge in [0, 0.05) is 12.1 Å². The summed E-state index contributed by atoms with van der Waals surface area (Å²) in [6.07, 6.45) is 1.90. The third-order valence-electron chi connectivity index (χ3n) is 4.93. The maximum Gasteiger partial charge on any atom is 0.260 e. The van der Waals surface area contributed by atoms with Gasteiger partial charge in [0.15, 0.2) is 5.13 Å². The zero-order valence-corrected chi connectivity index (χ0v) is 19.5. The minimum absolute atomic E-state index is 0. The summed E-state index contributed by atoms with van der Waals surface area (Å²) in [4.78, 5) is 22.2. The van der Waals surface area contributed by atoms with Crippen LogP contribution in [0.5, 0.6) is 0 Å². The number of nitrogens with zero attached hydrogens (tertiary/aromatic N) is 3. The molecule has 0 spiro atoms. The Morgan fingerprint density at radius 2 is 1.83 bits per heavy atom. The van der Waals surface area contributed by atoms with Gasteiger partial charge in [0.25, 0.3) is 5.91 Å². The lowest BCUT2D eigenvalue weighted by atomic mass is 10.0. The molecule has 0 unspecified atom stereocenters. The summed E-state index contributed by atoms with van der Waals surface area (Å²) in [6, 6.07) is 12.4. The van der Waals surface area contributed by atoms with Crippen LogP contribution in [-0.4, -0.2) is 43.0 Å². The van der Waals surface area contributed by atoms with Gasteiger partial charge in [-0.3, -0.25) is 9.69 Å². The van der Waals surface area contributed by atoms with E-state index in [0.717, 1.165) is 45.9 Å². The quantitative estimate of drug-likeness (QED) is 0.495. The molecule has 0 saturated carbocycles. The van der Waals surface area contributed by atoms with E-state index in [1.807, 2.05) is 24.0 Å². The van der Waals surface area contributed by atoms with E-state index in [1.54, 1.807) is 11.3 Å². The Labute approximate surface area is 184 Å². The fourth-order valence-electron chi connectivity index (χ4n) is 3.32. The Bertz CT molecular complexity index is 983. The van der Waals surface area contributed by atoms with Crippen molar-refractivity contribution in [2.24, 2.45) is 0 Å². The molecule has 0 atom stereocenters. The van der Waals surface area contributed by atoms with Crippen LogP contribution in [-0.2, 0) is 6.42 Å². The van der Waals surface area contributed by atoms with Crippen molar-refractivity contribution in [3.8, 4) is 0 Å². The number of fused-ring (bicyclic) bond motifs is 1. The van der Waals surface area contributed by atoms with E-state index in [-0.39, 0.29) is 18.3 Å². The fourth-order valence-corrected chi connectivity index (χ4v) is 4.37. The number of carbonyl (C=O) groups excluding carboxylic acids is 1. The Morgan fingerprint density at radius 1 is 1.07 bits per heavy atom. The van der Waals surface area contributed by atoms with E-state index < -0.39 is 0 Å². The van der Waals surface area contributed by atoms with Crippen molar-refractivity contribution in [3.05, 3.63) is 58.7 Å². The molecular weight excluding hydrogens is 402 g/mol. The molecule has 2 aromatic carbocycles. The van der Waals surface area contributed by atoms with Crippen molar-refractivity contribution in [2.75, 3.05) is 32.1 Å². The van der Waals surface area contributed by atoms with E-state index in [0.29, 0.717) is 6.54 Å². The number of hydrogen-bond acceptors (Lipinski definition) is 4. The van der Waals surface area contributed by atoms with Gasteiger partial charge >= 0.3 is 0 Å². The summed E-state index contributed by atoms with van der Waals surface area (Å²) in [5, 5.41) is 0.784. The van der Waals surface area contributed by atoms with Gasteiger partial charge in [-0.05, 0) is 76.7 Å². The number of carbonyl (C=O) groups is 1. The molecule has 3 rings (SSSR count). The highest BCUT2D eigenvalue weighted by atomic mass is 35.5. The van der Waals surface area contributed by atoms with Crippen LogP contribution in [0.25, 0.3) is 10.2 Å². The maximum absolute atomic E-state index is 13.4. The molecule has 0 aliphatic rings. The molecular formula is C23H30ClN3OS. The van der Waals surface area contributed by atoms with Crippen LogP contribution in [0.4, 0.5) is 5.13 Å². The molecule has 0 fully saturated rings. The Kier molecular flexibility index (Phi) is 8.20. The van der Waals surface area contributed by atoms with Crippen LogP contribution in [0.2, 0.25) is 0 Å². The van der Waals surface area contributed by atoms with E-state index in [9.17, 15) is 4.79 Å². The fraction of sp³-hybridized carbons (Fsp3) is 0.391. The molecule has 0 bridgehead atoms. The number of rotatable bonds is 7. The van der Waals surface area contributed by atoms with Gasteiger partial charge in [0.2, 0.25) is 0 Å². The van der Waals surface area contributed by atoms with E-state index >= 15 is 0 Å². The van der Waals surface area contributed by atoms with Crippen molar-refractivity contribution in [1.82, 2.24) is 9.88 Å². The lowest BCUT2D eigenvalue weighted by Gasteiger charge is -2.22. The predicted molar refractivity (Wildman–Crippen MR) is 127 cm³/mol. The van der Waals surface area contributed by atoms with Gasteiger partial charge in [-0.15, -0.1) is 12.4 Å². The van der Waals surface area contributed by atoms with Gasteiger partial charge < -0.3 is 4.90 Å². The Hall–Kier alpha value is -1.95.